The van der Waals surface area contributed by atoms with E-state index in [0.717, 1.165) is 65.3 Å². The second-order valence-electron chi connectivity index (χ2n) is 8.11. The molecule has 0 amide bonds. The summed E-state index contributed by atoms with van der Waals surface area (Å²) in [5, 5.41) is 13.2. The van der Waals surface area contributed by atoms with Gasteiger partial charge in [-0.15, -0.1) is 0 Å². The smallest absolute Gasteiger partial charge is 0.329 e. The Morgan fingerprint density at radius 1 is 1.18 bits per heavy atom. The highest BCUT2D eigenvalue weighted by atomic mass is 35.5. The fraction of sp³-hybridized carbons (Fsp3) is 0.346. The van der Waals surface area contributed by atoms with Crippen LogP contribution in [0.4, 0.5) is 17.1 Å². The Bertz CT molecular complexity index is 1180. The third-order valence-corrected chi connectivity index (χ3v) is 5.88. The third kappa shape index (κ3) is 6.16. The molecule has 34 heavy (non-hydrogen) atoms. The van der Waals surface area contributed by atoms with Crippen LogP contribution in [0.25, 0.3) is 16.0 Å². The topological polar surface area (TPSA) is 80.2 Å². The largest absolute Gasteiger partial charge is 0.480 e. The molecule has 3 rings (SSSR count). The molecular formula is C26H28ClN3O4. The summed E-state index contributed by atoms with van der Waals surface area (Å²) in [6.45, 7) is 14.1. The van der Waals surface area contributed by atoms with Gasteiger partial charge in [0.2, 0.25) is 5.69 Å². The van der Waals surface area contributed by atoms with Crippen LogP contribution < -0.4 is 4.90 Å². The first-order chi connectivity index (χ1) is 16.3. The van der Waals surface area contributed by atoms with E-state index in [-0.39, 0.29) is 6.61 Å². The van der Waals surface area contributed by atoms with Gasteiger partial charge in [-0.25, -0.2) is 9.64 Å². The van der Waals surface area contributed by atoms with Crippen LogP contribution in [-0.4, -0.2) is 36.0 Å². The van der Waals surface area contributed by atoms with Crippen molar-refractivity contribution < 1.29 is 19.2 Å². The number of rotatable bonds is 11. The molecule has 7 nitrogen and oxygen atoms in total. The van der Waals surface area contributed by atoms with Gasteiger partial charge in [0.15, 0.2) is 0 Å². The van der Waals surface area contributed by atoms with Crippen molar-refractivity contribution in [1.82, 2.24) is 5.16 Å². The first kappa shape index (κ1) is 25.3. The third-order valence-electron chi connectivity index (χ3n) is 5.58. The zero-order valence-electron chi connectivity index (χ0n) is 19.6. The molecule has 0 radical (unpaired) electrons. The summed E-state index contributed by atoms with van der Waals surface area (Å²) in [5.41, 5.74) is 6.30. The number of halogens is 1. The molecule has 0 aliphatic heterocycles. The van der Waals surface area contributed by atoms with Gasteiger partial charge < -0.3 is 19.3 Å². The molecule has 8 heteroatoms. The van der Waals surface area contributed by atoms with Crippen molar-refractivity contribution in [2.45, 2.75) is 40.0 Å². The lowest BCUT2D eigenvalue weighted by Gasteiger charge is -2.28. The second kappa shape index (κ2) is 11.7. The van der Waals surface area contributed by atoms with Crippen LogP contribution in [-0.2, 0) is 9.53 Å². The zero-order chi connectivity index (χ0) is 24.7. The summed E-state index contributed by atoms with van der Waals surface area (Å²) in [6.07, 6.45) is 2.52. The molecule has 0 spiro atoms. The number of unbranched alkanes of at least 4 members (excludes halogenated alkanes) is 2. The number of nitrogens with zero attached hydrogens (tertiary/aromatic N) is 3. The van der Waals surface area contributed by atoms with Gasteiger partial charge >= 0.3 is 5.97 Å². The highest BCUT2D eigenvalue weighted by Gasteiger charge is 2.17. The summed E-state index contributed by atoms with van der Waals surface area (Å²) < 4.78 is 10.5. The van der Waals surface area contributed by atoms with Crippen LogP contribution in [0, 0.1) is 27.3 Å². The van der Waals surface area contributed by atoms with Crippen molar-refractivity contribution in [1.29, 1.82) is 0 Å². The molecule has 0 saturated carbocycles. The summed E-state index contributed by atoms with van der Waals surface area (Å²) in [6, 6.07) is 11.8. The molecule has 0 unspecified atom stereocenters. The summed E-state index contributed by atoms with van der Waals surface area (Å²) >= 11 is 6.37. The Balaban J connectivity index is 1.88. The number of carboxylic acid groups (broad SMARTS) is 1. The van der Waals surface area contributed by atoms with Crippen LogP contribution in [0.2, 0.25) is 5.02 Å². The lowest BCUT2D eigenvalue weighted by molar-refractivity contribution is -0.142. The van der Waals surface area contributed by atoms with Gasteiger partial charge in [-0.1, -0.05) is 35.0 Å². The first-order valence-corrected chi connectivity index (χ1v) is 11.5. The lowest BCUT2D eigenvalue weighted by atomic mass is 10.0. The number of aromatic nitrogens is 1. The maximum absolute atomic E-state index is 10.6. The maximum atomic E-state index is 10.6. The van der Waals surface area contributed by atoms with Crippen molar-refractivity contribution in [2.75, 3.05) is 24.7 Å². The van der Waals surface area contributed by atoms with Crippen LogP contribution >= 0.6 is 11.6 Å². The van der Waals surface area contributed by atoms with E-state index in [0.29, 0.717) is 17.3 Å². The fourth-order valence-electron chi connectivity index (χ4n) is 3.90. The molecule has 0 fully saturated rings. The molecule has 1 N–H and O–H groups in total. The average Bonchev–Trinajstić information content (AvgIpc) is 3.14. The Kier molecular flexibility index (Phi) is 8.69. The van der Waals surface area contributed by atoms with Crippen LogP contribution in [0.5, 0.6) is 0 Å². The van der Waals surface area contributed by atoms with Crippen LogP contribution in [0.1, 0.15) is 36.3 Å². The standard InChI is InChI=1S/C26H28ClN3O4/c1-17-8-9-20(26-18(2)29-34-19(26)3)14-24(17)30(12-6-5-7-13-33-16-25(31)32)21-10-11-23(28-4)22(27)15-21/h8-11,14-15H,5-7,12-13,16H2,1-3H3,(H,31,32). The maximum Gasteiger partial charge on any atom is 0.329 e. The normalized spacial score (nSPS) is 10.8. The molecule has 0 saturated heterocycles. The predicted octanol–water partition coefficient (Wildman–Crippen LogP) is 6.88. The number of aliphatic carboxylic acids is 1. The number of benzene rings is 2. The van der Waals surface area contributed by atoms with E-state index in [1.807, 2.05) is 26.0 Å². The van der Waals surface area contributed by atoms with Crippen molar-refractivity contribution in [3.63, 3.8) is 0 Å². The van der Waals surface area contributed by atoms with Crippen molar-refractivity contribution in [3.8, 4) is 11.1 Å². The van der Waals surface area contributed by atoms with Gasteiger partial charge in [0.25, 0.3) is 0 Å². The van der Waals surface area contributed by atoms with E-state index in [2.05, 4.69) is 40.0 Å². The Labute approximate surface area is 204 Å². The van der Waals surface area contributed by atoms with Crippen LogP contribution in [0.15, 0.2) is 40.9 Å². The molecule has 1 heterocycles. The average molecular weight is 482 g/mol. The Hall–Kier alpha value is -3.34. The number of hydrogen-bond donors (Lipinski definition) is 1. The van der Waals surface area contributed by atoms with E-state index in [1.54, 1.807) is 6.07 Å². The van der Waals surface area contributed by atoms with Crippen molar-refractivity contribution in [3.05, 3.63) is 69.9 Å². The highest BCUT2D eigenvalue weighted by molar-refractivity contribution is 6.33. The summed E-state index contributed by atoms with van der Waals surface area (Å²) in [7, 11) is 0. The minimum atomic E-state index is -0.959. The predicted molar refractivity (Wildman–Crippen MR) is 133 cm³/mol. The van der Waals surface area contributed by atoms with Crippen molar-refractivity contribution >= 4 is 34.6 Å². The van der Waals surface area contributed by atoms with Gasteiger partial charge in [-0.3, -0.25) is 0 Å². The summed E-state index contributed by atoms with van der Waals surface area (Å²) in [5.74, 6) is -0.191. The molecule has 3 aromatic rings. The molecule has 0 bridgehead atoms. The first-order valence-electron chi connectivity index (χ1n) is 11.1. The van der Waals surface area contributed by atoms with E-state index < -0.39 is 5.97 Å². The fourth-order valence-corrected chi connectivity index (χ4v) is 4.12. The molecular weight excluding hydrogens is 454 g/mol. The van der Waals surface area contributed by atoms with Gasteiger partial charge in [-0.2, -0.15) is 0 Å². The zero-order valence-corrected chi connectivity index (χ0v) is 20.4. The van der Waals surface area contributed by atoms with Crippen LogP contribution in [0.3, 0.4) is 0 Å². The van der Waals surface area contributed by atoms with Gasteiger partial charge in [0, 0.05) is 35.1 Å². The van der Waals surface area contributed by atoms with Crippen molar-refractivity contribution in [2.24, 2.45) is 0 Å². The Morgan fingerprint density at radius 2 is 1.97 bits per heavy atom. The monoisotopic (exact) mass is 481 g/mol. The molecule has 0 aliphatic rings. The number of hydrogen-bond acceptors (Lipinski definition) is 5. The number of anilines is 2. The minimum Gasteiger partial charge on any atom is -0.480 e. The second-order valence-corrected chi connectivity index (χ2v) is 8.51. The SMILES string of the molecule is [C-]#[N+]c1ccc(N(CCCCCOCC(=O)O)c2cc(-c3c(C)noc3C)ccc2C)cc1Cl. The van der Waals surface area contributed by atoms with E-state index in [9.17, 15) is 4.79 Å². The quantitative estimate of drug-likeness (QED) is 0.237. The van der Waals surface area contributed by atoms with Gasteiger partial charge in [0.1, 0.15) is 12.4 Å². The van der Waals surface area contributed by atoms with E-state index in [1.165, 1.54) is 0 Å². The van der Waals surface area contributed by atoms with Gasteiger partial charge in [-0.05, 0) is 69.4 Å². The number of carbonyl (C=O) groups is 1. The number of carboxylic acids is 1. The molecule has 178 valence electrons. The number of aryl methyl sites for hydroxylation is 3. The highest BCUT2D eigenvalue weighted by Crippen LogP contribution is 2.37. The Morgan fingerprint density at radius 3 is 2.62 bits per heavy atom. The molecule has 0 aliphatic carbocycles. The van der Waals surface area contributed by atoms with Gasteiger partial charge in [0.05, 0.1) is 12.3 Å². The molecule has 0 atom stereocenters. The minimum absolute atomic E-state index is 0.272. The van der Waals surface area contributed by atoms with E-state index in [4.69, 9.17) is 32.5 Å². The lowest BCUT2D eigenvalue weighted by Crippen LogP contribution is -2.19. The number of ether oxygens (including phenoxy) is 1. The summed E-state index contributed by atoms with van der Waals surface area (Å²) in [4.78, 5) is 16.3. The molecule has 2 aromatic carbocycles. The van der Waals surface area contributed by atoms with E-state index >= 15 is 0 Å². The molecule has 1 aromatic heterocycles.